The Bertz CT molecular complexity index is 1250. The molecule has 1 amide bonds. The molecular formula is C19H13ClFN3O5S. The summed E-state index contributed by atoms with van der Waals surface area (Å²) in [5, 5.41) is 13.5. The van der Waals surface area contributed by atoms with Gasteiger partial charge in [-0.1, -0.05) is 29.8 Å². The number of carbonyl (C=O) groups is 1. The van der Waals surface area contributed by atoms with Crippen LogP contribution in [0.1, 0.15) is 10.4 Å². The maximum atomic E-state index is 13.9. The zero-order valence-corrected chi connectivity index (χ0v) is 16.6. The normalized spacial score (nSPS) is 11.0. The first kappa shape index (κ1) is 21.2. The number of amides is 1. The fourth-order valence-electron chi connectivity index (χ4n) is 2.53. The van der Waals surface area contributed by atoms with E-state index in [9.17, 15) is 27.7 Å². The van der Waals surface area contributed by atoms with E-state index in [-0.39, 0.29) is 27.6 Å². The lowest BCUT2D eigenvalue weighted by atomic mass is 10.2. The van der Waals surface area contributed by atoms with Crippen LogP contribution < -0.4 is 10.0 Å². The van der Waals surface area contributed by atoms with Gasteiger partial charge in [0.15, 0.2) is 0 Å². The molecule has 0 aromatic heterocycles. The summed E-state index contributed by atoms with van der Waals surface area (Å²) in [5.74, 6) is -1.67. The third-order valence-corrected chi connectivity index (χ3v) is 5.55. The molecule has 3 rings (SSSR count). The number of nitrogens with zero attached hydrogens (tertiary/aromatic N) is 1. The summed E-state index contributed by atoms with van der Waals surface area (Å²) in [6.45, 7) is 0. The van der Waals surface area contributed by atoms with Gasteiger partial charge in [0.05, 0.1) is 16.3 Å². The molecule has 3 aromatic rings. The highest BCUT2D eigenvalue weighted by atomic mass is 35.5. The van der Waals surface area contributed by atoms with E-state index in [0.29, 0.717) is 0 Å². The van der Waals surface area contributed by atoms with E-state index in [1.165, 1.54) is 48.5 Å². The molecule has 2 N–H and O–H groups in total. The van der Waals surface area contributed by atoms with Crippen LogP contribution in [0.3, 0.4) is 0 Å². The van der Waals surface area contributed by atoms with Gasteiger partial charge in [0.2, 0.25) is 0 Å². The van der Waals surface area contributed by atoms with Crippen molar-refractivity contribution in [1.29, 1.82) is 0 Å². The maximum Gasteiger partial charge on any atom is 0.270 e. The summed E-state index contributed by atoms with van der Waals surface area (Å²) in [4.78, 5) is 22.2. The number of nitrogens with one attached hydrogen (secondary N) is 2. The Kier molecular flexibility index (Phi) is 5.99. The van der Waals surface area contributed by atoms with Crippen molar-refractivity contribution < 1.29 is 22.5 Å². The second-order valence-corrected chi connectivity index (χ2v) is 8.07. The van der Waals surface area contributed by atoms with Gasteiger partial charge in [-0.25, -0.2) is 12.8 Å². The van der Waals surface area contributed by atoms with E-state index in [2.05, 4.69) is 10.0 Å². The lowest BCUT2D eigenvalue weighted by Crippen LogP contribution is -2.18. The maximum absolute atomic E-state index is 13.9. The van der Waals surface area contributed by atoms with Crippen LogP contribution in [0, 0.1) is 15.9 Å². The molecule has 0 atom stereocenters. The highest BCUT2D eigenvalue weighted by Gasteiger charge is 2.21. The zero-order valence-electron chi connectivity index (χ0n) is 15.0. The molecule has 8 nitrogen and oxygen atoms in total. The summed E-state index contributed by atoms with van der Waals surface area (Å²) in [5.41, 5.74) is -0.387. The Balaban J connectivity index is 1.93. The molecular weight excluding hydrogens is 437 g/mol. The number of hydrogen-bond acceptors (Lipinski definition) is 5. The number of sulfonamides is 1. The molecule has 0 heterocycles. The Hall–Kier alpha value is -3.50. The lowest BCUT2D eigenvalue weighted by molar-refractivity contribution is -0.384. The van der Waals surface area contributed by atoms with Crippen molar-refractivity contribution in [1.82, 2.24) is 0 Å². The number of rotatable bonds is 6. The molecule has 11 heteroatoms. The Morgan fingerprint density at radius 1 is 1.00 bits per heavy atom. The summed E-state index contributed by atoms with van der Waals surface area (Å²) < 4.78 is 41.3. The van der Waals surface area contributed by atoms with E-state index in [1.54, 1.807) is 0 Å². The monoisotopic (exact) mass is 449 g/mol. The molecule has 30 heavy (non-hydrogen) atoms. The average molecular weight is 450 g/mol. The predicted molar refractivity (Wildman–Crippen MR) is 110 cm³/mol. The van der Waals surface area contributed by atoms with Gasteiger partial charge in [-0.3, -0.25) is 19.6 Å². The van der Waals surface area contributed by atoms with Gasteiger partial charge >= 0.3 is 0 Å². The molecule has 0 aliphatic rings. The van der Waals surface area contributed by atoms with Crippen LogP contribution in [-0.4, -0.2) is 19.2 Å². The van der Waals surface area contributed by atoms with E-state index in [1.807, 2.05) is 0 Å². The van der Waals surface area contributed by atoms with Crippen LogP contribution in [0.4, 0.5) is 21.5 Å². The number of non-ortho nitro benzene ring substituents is 1. The molecule has 0 saturated carbocycles. The molecule has 0 aliphatic heterocycles. The third kappa shape index (κ3) is 4.73. The largest absolute Gasteiger partial charge is 0.320 e. The molecule has 0 unspecified atom stereocenters. The van der Waals surface area contributed by atoms with Crippen LogP contribution in [0.5, 0.6) is 0 Å². The van der Waals surface area contributed by atoms with Gasteiger partial charge in [0.1, 0.15) is 10.7 Å². The second kappa shape index (κ2) is 8.47. The first-order valence-corrected chi connectivity index (χ1v) is 10.2. The van der Waals surface area contributed by atoms with E-state index in [4.69, 9.17) is 11.6 Å². The Morgan fingerprint density at radius 2 is 1.73 bits per heavy atom. The van der Waals surface area contributed by atoms with Crippen LogP contribution >= 0.6 is 11.6 Å². The average Bonchev–Trinajstić information content (AvgIpc) is 2.70. The first-order valence-electron chi connectivity index (χ1n) is 8.30. The number of nitro benzene ring substituents is 1. The molecule has 0 bridgehead atoms. The molecule has 154 valence electrons. The summed E-state index contributed by atoms with van der Waals surface area (Å²) in [6.07, 6.45) is 0. The predicted octanol–water partition coefficient (Wildman–Crippen LogP) is 4.44. The minimum Gasteiger partial charge on any atom is -0.320 e. The number of benzene rings is 3. The van der Waals surface area contributed by atoms with Crippen molar-refractivity contribution in [2.24, 2.45) is 0 Å². The molecule has 3 aromatic carbocycles. The fraction of sp³-hybridized carbons (Fsp3) is 0. The molecule has 0 spiro atoms. The first-order chi connectivity index (χ1) is 14.2. The molecule has 0 radical (unpaired) electrons. The molecule has 0 saturated heterocycles. The SMILES string of the molecule is O=C(Nc1cc(Cl)ccc1NS(=O)(=O)c1ccccc1F)c1cccc([N+](=O)[O-])c1. The highest BCUT2D eigenvalue weighted by Crippen LogP contribution is 2.29. The number of carbonyl (C=O) groups excluding carboxylic acids is 1. The van der Waals surface area contributed by atoms with Crippen molar-refractivity contribution in [2.75, 3.05) is 10.0 Å². The van der Waals surface area contributed by atoms with Gasteiger partial charge in [-0.15, -0.1) is 0 Å². The second-order valence-electron chi connectivity index (χ2n) is 5.99. The van der Waals surface area contributed by atoms with Crippen molar-refractivity contribution in [3.63, 3.8) is 0 Å². The third-order valence-electron chi connectivity index (χ3n) is 3.92. The van der Waals surface area contributed by atoms with Crippen molar-refractivity contribution in [2.45, 2.75) is 4.90 Å². The minimum absolute atomic E-state index is 0.0149. The smallest absolute Gasteiger partial charge is 0.270 e. The topological polar surface area (TPSA) is 118 Å². The van der Waals surface area contributed by atoms with Gasteiger partial charge in [0, 0.05) is 22.7 Å². The van der Waals surface area contributed by atoms with Crippen LogP contribution in [0.2, 0.25) is 5.02 Å². The van der Waals surface area contributed by atoms with Crippen molar-refractivity contribution in [3.8, 4) is 0 Å². The van der Waals surface area contributed by atoms with E-state index >= 15 is 0 Å². The molecule has 0 aliphatic carbocycles. The van der Waals surface area contributed by atoms with Crippen LogP contribution in [0.25, 0.3) is 0 Å². The van der Waals surface area contributed by atoms with Crippen molar-refractivity contribution in [3.05, 3.63) is 93.2 Å². The van der Waals surface area contributed by atoms with E-state index in [0.717, 1.165) is 18.2 Å². The highest BCUT2D eigenvalue weighted by molar-refractivity contribution is 7.92. The summed E-state index contributed by atoms with van der Waals surface area (Å²) in [6, 6.07) is 13.8. The summed E-state index contributed by atoms with van der Waals surface area (Å²) >= 11 is 5.95. The Labute approximate surface area is 175 Å². The van der Waals surface area contributed by atoms with Crippen molar-refractivity contribution >= 4 is 44.6 Å². The van der Waals surface area contributed by atoms with E-state index < -0.39 is 31.6 Å². The number of nitro groups is 1. The van der Waals surface area contributed by atoms with Gasteiger partial charge < -0.3 is 5.32 Å². The quantitative estimate of drug-likeness (QED) is 0.426. The van der Waals surface area contributed by atoms with Gasteiger partial charge in [0.25, 0.3) is 21.6 Å². The van der Waals surface area contributed by atoms with Gasteiger partial charge in [-0.05, 0) is 36.4 Å². The van der Waals surface area contributed by atoms with Crippen LogP contribution in [0.15, 0.2) is 71.6 Å². The number of anilines is 2. The zero-order chi connectivity index (χ0) is 21.9. The standard InChI is InChI=1S/C19H13ClFN3O5S/c20-13-8-9-16(23-30(28,29)18-7-2-1-6-15(18)21)17(11-13)22-19(25)12-4-3-5-14(10-12)24(26)27/h1-11,23H,(H,22,25). The summed E-state index contributed by atoms with van der Waals surface area (Å²) in [7, 11) is -4.31. The van der Waals surface area contributed by atoms with Gasteiger partial charge in [-0.2, -0.15) is 0 Å². The Morgan fingerprint density at radius 3 is 2.43 bits per heavy atom. The fourth-order valence-corrected chi connectivity index (χ4v) is 3.86. The number of halogens is 2. The lowest BCUT2D eigenvalue weighted by Gasteiger charge is -2.14. The number of hydrogen-bond donors (Lipinski definition) is 2. The molecule has 0 fully saturated rings. The van der Waals surface area contributed by atoms with Crippen LogP contribution in [-0.2, 0) is 10.0 Å². The minimum atomic E-state index is -4.31.